The Morgan fingerprint density at radius 1 is 1.08 bits per heavy atom. The zero-order valence-corrected chi connectivity index (χ0v) is 16.4. The molecule has 6 nitrogen and oxygen atoms in total. The van der Waals surface area contributed by atoms with Gasteiger partial charge in [-0.25, -0.2) is 5.43 Å². The van der Waals surface area contributed by atoms with Crippen molar-refractivity contribution in [3.05, 3.63) is 51.3 Å². The van der Waals surface area contributed by atoms with E-state index < -0.39 is 11.8 Å². The highest BCUT2D eigenvalue weighted by atomic mass is 35.5. The molecule has 26 heavy (non-hydrogen) atoms. The first kappa shape index (κ1) is 20.0. The molecule has 2 amide bonds. The maximum atomic E-state index is 11.7. The van der Waals surface area contributed by atoms with E-state index in [2.05, 4.69) is 15.8 Å². The molecule has 8 heteroatoms. The second kappa shape index (κ2) is 8.38. The van der Waals surface area contributed by atoms with Crippen LogP contribution < -0.4 is 10.7 Å². The van der Waals surface area contributed by atoms with Crippen LogP contribution in [0.2, 0.25) is 10.0 Å². The van der Waals surface area contributed by atoms with E-state index in [1.165, 1.54) is 6.21 Å². The lowest BCUT2D eigenvalue weighted by atomic mass is 10.2. The van der Waals surface area contributed by atoms with Crippen LogP contribution in [0.3, 0.4) is 0 Å². The molecule has 0 saturated carbocycles. The number of halogens is 2. The van der Waals surface area contributed by atoms with E-state index >= 15 is 0 Å². The average Bonchev–Trinajstić information content (AvgIpc) is 2.79. The fourth-order valence-electron chi connectivity index (χ4n) is 2.52. The van der Waals surface area contributed by atoms with E-state index in [4.69, 9.17) is 23.2 Å². The maximum absolute atomic E-state index is 11.7. The highest BCUT2D eigenvalue weighted by Crippen LogP contribution is 2.25. The molecule has 0 saturated heterocycles. The summed E-state index contributed by atoms with van der Waals surface area (Å²) in [6.45, 7) is 7.39. The molecule has 138 valence electrons. The van der Waals surface area contributed by atoms with Crippen molar-refractivity contribution in [3.8, 4) is 5.69 Å². The Bertz CT molecular complexity index is 852. The van der Waals surface area contributed by atoms with E-state index in [1.54, 1.807) is 19.9 Å². The highest BCUT2D eigenvalue weighted by molar-refractivity contribution is 6.35. The standard InChI is InChI=1S/C18H20Cl2N4O2/c1-10(2)22-17(25)18(26)23-21-9-13-5-11(3)24(12(13)4)16-7-14(19)6-15(20)8-16/h5-10H,1-4H3,(H,22,25)(H,23,26). The molecule has 0 aliphatic carbocycles. The van der Waals surface area contributed by atoms with Crippen molar-refractivity contribution >= 4 is 41.2 Å². The van der Waals surface area contributed by atoms with E-state index in [1.807, 2.05) is 36.6 Å². The van der Waals surface area contributed by atoms with Gasteiger partial charge in [0, 0.05) is 38.7 Å². The molecule has 1 aromatic carbocycles. The molecule has 2 N–H and O–H groups in total. The fraction of sp³-hybridized carbons (Fsp3) is 0.278. The van der Waals surface area contributed by atoms with Gasteiger partial charge in [0.25, 0.3) is 0 Å². The predicted molar refractivity (Wildman–Crippen MR) is 104 cm³/mol. The summed E-state index contributed by atoms with van der Waals surface area (Å²) in [4.78, 5) is 23.2. The van der Waals surface area contributed by atoms with Gasteiger partial charge < -0.3 is 9.88 Å². The predicted octanol–water partition coefficient (Wildman–Crippen LogP) is 3.38. The third-order valence-electron chi connectivity index (χ3n) is 3.57. The molecule has 0 radical (unpaired) electrons. The Hall–Kier alpha value is -2.31. The molecule has 0 unspecified atom stereocenters. The Morgan fingerprint density at radius 2 is 1.69 bits per heavy atom. The molecule has 2 rings (SSSR count). The number of amides is 2. The largest absolute Gasteiger partial charge is 0.346 e. The summed E-state index contributed by atoms with van der Waals surface area (Å²) in [5, 5.41) is 7.44. The highest BCUT2D eigenvalue weighted by Gasteiger charge is 2.14. The van der Waals surface area contributed by atoms with Crippen LogP contribution in [-0.2, 0) is 9.59 Å². The van der Waals surface area contributed by atoms with Gasteiger partial charge in [0.15, 0.2) is 0 Å². The van der Waals surface area contributed by atoms with Crippen LogP contribution in [-0.4, -0.2) is 28.6 Å². The lowest BCUT2D eigenvalue weighted by molar-refractivity contribution is -0.139. The number of rotatable bonds is 4. The Morgan fingerprint density at radius 3 is 2.27 bits per heavy atom. The maximum Gasteiger partial charge on any atom is 0.329 e. The number of nitrogens with zero attached hydrogens (tertiary/aromatic N) is 2. The van der Waals surface area contributed by atoms with Crippen molar-refractivity contribution < 1.29 is 9.59 Å². The number of hydrogen-bond donors (Lipinski definition) is 2. The van der Waals surface area contributed by atoms with Gasteiger partial charge in [-0.3, -0.25) is 9.59 Å². The molecule has 0 aliphatic rings. The summed E-state index contributed by atoms with van der Waals surface area (Å²) in [5.74, 6) is -1.54. The minimum atomic E-state index is -0.814. The third-order valence-corrected chi connectivity index (χ3v) is 4.01. The van der Waals surface area contributed by atoms with Gasteiger partial charge in [0.05, 0.1) is 6.21 Å². The SMILES string of the molecule is Cc1cc(C=NNC(=O)C(=O)NC(C)C)c(C)n1-c1cc(Cl)cc(Cl)c1. The monoisotopic (exact) mass is 394 g/mol. The second-order valence-corrected chi connectivity index (χ2v) is 6.99. The number of carbonyl (C=O) groups is 2. The van der Waals surface area contributed by atoms with Crippen LogP contribution in [0, 0.1) is 13.8 Å². The van der Waals surface area contributed by atoms with Crippen LogP contribution in [0.1, 0.15) is 30.8 Å². The van der Waals surface area contributed by atoms with Crippen LogP contribution in [0.5, 0.6) is 0 Å². The van der Waals surface area contributed by atoms with Crippen LogP contribution in [0.4, 0.5) is 0 Å². The number of hydrazone groups is 1. The molecule has 0 bridgehead atoms. The molecule has 1 aromatic heterocycles. The molecular formula is C18H20Cl2N4O2. The van der Waals surface area contributed by atoms with Gasteiger partial charge >= 0.3 is 11.8 Å². The zero-order valence-electron chi connectivity index (χ0n) is 14.9. The Labute approximate surface area is 162 Å². The van der Waals surface area contributed by atoms with Gasteiger partial charge in [0.1, 0.15) is 0 Å². The molecule has 0 aliphatic heterocycles. The van der Waals surface area contributed by atoms with Crippen molar-refractivity contribution in [2.75, 3.05) is 0 Å². The number of aromatic nitrogens is 1. The number of carbonyl (C=O) groups excluding carboxylic acids is 2. The zero-order chi connectivity index (χ0) is 19.4. The Balaban J connectivity index is 2.20. The number of benzene rings is 1. The molecule has 1 heterocycles. The number of hydrogen-bond acceptors (Lipinski definition) is 3. The van der Waals surface area contributed by atoms with Crippen molar-refractivity contribution in [3.63, 3.8) is 0 Å². The summed E-state index contributed by atoms with van der Waals surface area (Å²) >= 11 is 12.2. The minimum Gasteiger partial charge on any atom is -0.346 e. The lowest BCUT2D eigenvalue weighted by Crippen LogP contribution is -2.41. The van der Waals surface area contributed by atoms with Crippen LogP contribution >= 0.6 is 23.2 Å². The van der Waals surface area contributed by atoms with E-state index in [-0.39, 0.29) is 6.04 Å². The summed E-state index contributed by atoms with van der Waals surface area (Å²) < 4.78 is 1.98. The summed E-state index contributed by atoms with van der Waals surface area (Å²) in [7, 11) is 0. The first-order chi connectivity index (χ1) is 12.2. The van der Waals surface area contributed by atoms with Gasteiger partial charge in [0.2, 0.25) is 0 Å². The normalized spacial score (nSPS) is 11.2. The van der Waals surface area contributed by atoms with E-state index in [9.17, 15) is 9.59 Å². The topological polar surface area (TPSA) is 75.5 Å². The van der Waals surface area contributed by atoms with Crippen molar-refractivity contribution in [2.24, 2.45) is 5.10 Å². The quantitative estimate of drug-likeness (QED) is 0.473. The first-order valence-corrected chi connectivity index (χ1v) is 8.74. The van der Waals surface area contributed by atoms with Gasteiger partial charge in [-0.05, 0) is 52.0 Å². The lowest BCUT2D eigenvalue weighted by Gasteiger charge is -2.10. The number of aryl methyl sites for hydroxylation is 1. The summed E-state index contributed by atoms with van der Waals surface area (Å²) in [6.07, 6.45) is 1.49. The van der Waals surface area contributed by atoms with Gasteiger partial charge in [-0.1, -0.05) is 23.2 Å². The Kier molecular flexibility index (Phi) is 6.45. The number of nitrogens with one attached hydrogen (secondary N) is 2. The fourth-order valence-corrected chi connectivity index (χ4v) is 3.04. The molecular weight excluding hydrogens is 375 g/mol. The molecule has 0 fully saturated rings. The summed E-state index contributed by atoms with van der Waals surface area (Å²) in [5.41, 5.74) is 5.69. The van der Waals surface area contributed by atoms with E-state index in [0.717, 1.165) is 22.6 Å². The van der Waals surface area contributed by atoms with Gasteiger partial charge in [-0.2, -0.15) is 5.10 Å². The van der Waals surface area contributed by atoms with Gasteiger partial charge in [-0.15, -0.1) is 0 Å². The average molecular weight is 395 g/mol. The van der Waals surface area contributed by atoms with Crippen molar-refractivity contribution in [2.45, 2.75) is 33.7 Å². The first-order valence-electron chi connectivity index (χ1n) is 7.98. The van der Waals surface area contributed by atoms with E-state index in [0.29, 0.717) is 10.0 Å². The van der Waals surface area contributed by atoms with Crippen molar-refractivity contribution in [1.29, 1.82) is 0 Å². The second-order valence-electron chi connectivity index (χ2n) is 6.12. The minimum absolute atomic E-state index is 0.124. The summed E-state index contributed by atoms with van der Waals surface area (Å²) in [6, 6.07) is 7.08. The molecule has 0 atom stereocenters. The van der Waals surface area contributed by atoms with Crippen LogP contribution in [0.25, 0.3) is 5.69 Å². The van der Waals surface area contributed by atoms with Crippen molar-refractivity contribution in [1.82, 2.24) is 15.3 Å². The van der Waals surface area contributed by atoms with Crippen LogP contribution in [0.15, 0.2) is 29.4 Å². The molecule has 2 aromatic rings. The third kappa shape index (κ3) is 4.86. The smallest absolute Gasteiger partial charge is 0.329 e. The molecule has 0 spiro atoms.